The summed E-state index contributed by atoms with van der Waals surface area (Å²) in [4.78, 5) is 13.0. The van der Waals surface area contributed by atoms with Gasteiger partial charge in [-0.15, -0.1) is 0 Å². The van der Waals surface area contributed by atoms with Gasteiger partial charge in [-0.3, -0.25) is 4.90 Å². The van der Waals surface area contributed by atoms with Crippen LogP contribution in [0.5, 0.6) is 0 Å². The molecule has 91 valence electrons. The van der Waals surface area contributed by atoms with Gasteiger partial charge in [0, 0.05) is 12.1 Å². The number of carbonyl (C=O) groups is 1. The second kappa shape index (κ2) is 5.55. The summed E-state index contributed by atoms with van der Waals surface area (Å²) in [5.41, 5.74) is 0. The molecule has 0 aromatic rings. The standard InChI is InChI=1S/C13H22NO2/c15-13(16)14(11-7-3-1-4-8-11)12-9-5-2-6-10-12/h11-12H,1-10H2. The third-order valence-corrected chi connectivity index (χ3v) is 4.15. The van der Waals surface area contributed by atoms with Crippen molar-refractivity contribution in [1.29, 1.82) is 0 Å². The van der Waals surface area contributed by atoms with Crippen LogP contribution in [0.2, 0.25) is 0 Å². The van der Waals surface area contributed by atoms with Crippen LogP contribution in [0.3, 0.4) is 0 Å². The Morgan fingerprint density at radius 3 is 1.44 bits per heavy atom. The summed E-state index contributed by atoms with van der Waals surface area (Å²) in [6.07, 6.45) is 10.5. The molecule has 0 N–H and O–H groups in total. The van der Waals surface area contributed by atoms with E-state index in [1.165, 1.54) is 38.5 Å². The predicted octanol–water partition coefficient (Wildman–Crippen LogP) is 3.50. The molecule has 2 aliphatic rings. The van der Waals surface area contributed by atoms with Gasteiger partial charge in [0.25, 0.3) is 0 Å². The number of nitrogens with zero attached hydrogens (tertiary/aromatic N) is 1. The van der Waals surface area contributed by atoms with Gasteiger partial charge in [-0.25, -0.2) is 9.90 Å². The number of hydrogen-bond donors (Lipinski definition) is 0. The van der Waals surface area contributed by atoms with E-state index in [2.05, 4.69) is 0 Å². The first kappa shape index (κ1) is 11.7. The van der Waals surface area contributed by atoms with Crippen molar-refractivity contribution in [3.63, 3.8) is 0 Å². The maximum atomic E-state index is 11.3. The predicted molar refractivity (Wildman–Crippen MR) is 61.7 cm³/mol. The first-order valence-corrected chi connectivity index (χ1v) is 6.78. The molecule has 0 aromatic carbocycles. The van der Waals surface area contributed by atoms with Crippen LogP contribution in [0.25, 0.3) is 0 Å². The van der Waals surface area contributed by atoms with Crippen molar-refractivity contribution in [3.8, 4) is 0 Å². The fraction of sp³-hybridized carbons (Fsp3) is 0.923. The minimum atomic E-state index is -0.932. The first-order valence-electron chi connectivity index (χ1n) is 6.78. The van der Waals surface area contributed by atoms with E-state index in [-0.39, 0.29) is 12.1 Å². The Bertz CT molecular complexity index is 212. The summed E-state index contributed by atoms with van der Waals surface area (Å²) in [5.74, 6) is 0. The summed E-state index contributed by atoms with van der Waals surface area (Å²) >= 11 is 0. The molecule has 0 heterocycles. The fourth-order valence-electron chi connectivity index (χ4n) is 3.31. The van der Waals surface area contributed by atoms with Gasteiger partial charge >= 0.3 is 6.09 Å². The molecule has 1 radical (unpaired) electrons. The molecule has 3 heteroatoms. The van der Waals surface area contributed by atoms with Gasteiger partial charge in [0.15, 0.2) is 0 Å². The highest BCUT2D eigenvalue weighted by atomic mass is 16.4. The first-order chi connectivity index (χ1) is 7.79. The number of carbonyl (C=O) groups excluding carboxylic acids is 1. The van der Waals surface area contributed by atoms with Crippen LogP contribution in [0, 0.1) is 0 Å². The van der Waals surface area contributed by atoms with Gasteiger partial charge in [-0.1, -0.05) is 38.5 Å². The van der Waals surface area contributed by atoms with Gasteiger partial charge in [0.05, 0.1) is 0 Å². The van der Waals surface area contributed by atoms with Crippen LogP contribution >= 0.6 is 0 Å². The van der Waals surface area contributed by atoms with Crippen molar-refractivity contribution in [2.75, 3.05) is 0 Å². The maximum Gasteiger partial charge on any atom is 0.453 e. The van der Waals surface area contributed by atoms with Crippen molar-refractivity contribution in [1.82, 2.24) is 4.90 Å². The van der Waals surface area contributed by atoms with E-state index in [1.54, 1.807) is 4.90 Å². The Balaban J connectivity index is 1.99. The second-order valence-electron chi connectivity index (χ2n) is 5.26. The highest BCUT2D eigenvalue weighted by molar-refractivity contribution is 5.65. The number of rotatable bonds is 2. The van der Waals surface area contributed by atoms with E-state index >= 15 is 0 Å². The molecule has 3 nitrogen and oxygen atoms in total. The molecule has 0 aliphatic heterocycles. The zero-order valence-corrected chi connectivity index (χ0v) is 9.99. The molecule has 2 saturated carbocycles. The monoisotopic (exact) mass is 224 g/mol. The summed E-state index contributed by atoms with van der Waals surface area (Å²) < 4.78 is 0. The van der Waals surface area contributed by atoms with Crippen LogP contribution < -0.4 is 0 Å². The molecule has 2 aliphatic carbocycles. The fourth-order valence-corrected chi connectivity index (χ4v) is 3.31. The van der Waals surface area contributed by atoms with Crippen molar-refractivity contribution in [2.24, 2.45) is 0 Å². The van der Waals surface area contributed by atoms with E-state index < -0.39 is 6.09 Å². The van der Waals surface area contributed by atoms with Crippen LogP contribution in [0.1, 0.15) is 64.2 Å². The van der Waals surface area contributed by atoms with Gasteiger partial charge in [-0.05, 0) is 25.7 Å². The largest absolute Gasteiger partial charge is 0.453 e. The average molecular weight is 224 g/mol. The number of amides is 1. The van der Waals surface area contributed by atoms with Crippen LogP contribution in [0.4, 0.5) is 4.79 Å². The third kappa shape index (κ3) is 2.69. The smallest absolute Gasteiger partial charge is 0.299 e. The molecular weight excluding hydrogens is 202 g/mol. The van der Waals surface area contributed by atoms with Crippen molar-refractivity contribution >= 4 is 6.09 Å². The Kier molecular flexibility index (Phi) is 4.08. The SMILES string of the molecule is [O]C(=O)N(C1CCCCC1)C1CCCCC1. The van der Waals surface area contributed by atoms with Gasteiger partial charge in [0.1, 0.15) is 0 Å². The van der Waals surface area contributed by atoms with Gasteiger partial charge in [-0.2, -0.15) is 0 Å². The molecule has 0 bridgehead atoms. The lowest BCUT2D eigenvalue weighted by molar-refractivity contribution is 0.0542. The van der Waals surface area contributed by atoms with E-state index in [1.807, 2.05) is 0 Å². The maximum absolute atomic E-state index is 11.3. The lowest BCUT2D eigenvalue weighted by Crippen LogP contribution is -2.47. The molecule has 2 fully saturated rings. The average Bonchev–Trinajstić information content (AvgIpc) is 2.31. The second-order valence-corrected chi connectivity index (χ2v) is 5.26. The Labute approximate surface area is 97.8 Å². The summed E-state index contributed by atoms with van der Waals surface area (Å²) in [6.45, 7) is 0. The molecule has 0 unspecified atom stereocenters. The van der Waals surface area contributed by atoms with Crippen molar-refractivity contribution in [2.45, 2.75) is 76.3 Å². The summed E-state index contributed by atoms with van der Waals surface area (Å²) in [5, 5.41) is 11.3. The molecule has 1 amide bonds. The molecule has 0 aromatic heterocycles. The molecular formula is C13H22NO2. The Morgan fingerprint density at radius 1 is 0.750 bits per heavy atom. The van der Waals surface area contributed by atoms with E-state index in [4.69, 9.17) is 0 Å². The number of hydrogen-bond acceptors (Lipinski definition) is 1. The normalized spacial score (nSPS) is 24.2. The minimum absolute atomic E-state index is 0.252. The molecule has 16 heavy (non-hydrogen) atoms. The van der Waals surface area contributed by atoms with Crippen molar-refractivity contribution in [3.05, 3.63) is 0 Å². The zero-order valence-electron chi connectivity index (χ0n) is 9.99. The van der Waals surface area contributed by atoms with E-state index in [0.717, 1.165) is 25.7 Å². The highest BCUT2D eigenvalue weighted by Gasteiger charge is 2.32. The topological polar surface area (TPSA) is 40.2 Å². The Hall–Kier alpha value is -0.730. The van der Waals surface area contributed by atoms with Crippen LogP contribution in [-0.4, -0.2) is 23.1 Å². The molecule has 0 atom stereocenters. The van der Waals surface area contributed by atoms with E-state index in [9.17, 15) is 9.90 Å². The third-order valence-electron chi connectivity index (χ3n) is 4.15. The quantitative estimate of drug-likeness (QED) is 0.707. The van der Waals surface area contributed by atoms with Crippen molar-refractivity contribution < 1.29 is 9.90 Å². The molecule has 0 spiro atoms. The Morgan fingerprint density at radius 2 is 1.12 bits per heavy atom. The van der Waals surface area contributed by atoms with Crippen LogP contribution in [-0.2, 0) is 5.11 Å². The zero-order chi connectivity index (χ0) is 11.4. The molecule has 2 rings (SSSR count). The van der Waals surface area contributed by atoms with E-state index in [0.29, 0.717) is 0 Å². The minimum Gasteiger partial charge on any atom is -0.299 e. The molecule has 0 saturated heterocycles. The lowest BCUT2D eigenvalue weighted by atomic mass is 9.89. The van der Waals surface area contributed by atoms with Gasteiger partial charge in [0.2, 0.25) is 0 Å². The lowest BCUT2D eigenvalue weighted by Gasteiger charge is -2.39. The van der Waals surface area contributed by atoms with Crippen LogP contribution in [0.15, 0.2) is 0 Å². The summed E-state index contributed by atoms with van der Waals surface area (Å²) in [7, 11) is 0. The van der Waals surface area contributed by atoms with Gasteiger partial charge < -0.3 is 0 Å². The summed E-state index contributed by atoms with van der Waals surface area (Å²) in [6, 6.07) is 0.503. The highest BCUT2D eigenvalue weighted by Crippen LogP contribution is 2.30.